The number of nitrogens with zero attached hydrogens (tertiary/aromatic N) is 2. The SMILES string of the molecule is CN(N=O)C(=O)Nc1cccc(I)c1. The summed E-state index contributed by atoms with van der Waals surface area (Å²) < 4.78 is 1.00. The molecule has 0 aliphatic carbocycles. The third kappa shape index (κ3) is 2.95. The molecule has 1 aromatic rings. The number of anilines is 1. The van der Waals surface area contributed by atoms with Crippen molar-refractivity contribution in [3.8, 4) is 0 Å². The second kappa shape index (κ2) is 4.89. The Hall–Kier alpha value is -1.18. The van der Waals surface area contributed by atoms with Crippen LogP contribution in [0.25, 0.3) is 0 Å². The highest BCUT2D eigenvalue weighted by atomic mass is 127. The number of nitroso groups, excluding NO2 is 1. The summed E-state index contributed by atoms with van der Waals surface area (Å²) >= 11 is 2.13. The summed E-state index contributed by atoms with van der Waals surface area (Å²) in [6.07, 6.45) is 0. The van der Waals surface area contributed by atoms with Crippen LogP contribution in [0.4, 0.5) is 10.5 Å². The van der Waals surface area contributed by atoms with E-state index >= 15 is 0 Å². The molecule has 0 spiro atoms. The number of carbonyl (C=O) groups is 1. The van der Waals surface area contributed by atoms with Crippen LogP contribution in [0.1, 0.15) is 0 Å². The molecule has 0 aromatic heterocycles. The molecule has 0 radical (unpaired) electrons. The Balaban J connectivity index is 2.69. The summed E-state index contributed by atoms with van der Waals surface area (Å²) in [6.45, 7) is 0. The van der Waals surface area contributed by atoms with Crippen molar-refractivity contribution < 1.29 is 4.79 Å². The fraction of sp³-hybridized carbons (Fsp3) is 0.125. The highest BCUT2D eigenvalue weighted by Crippen LogP contribution is 2.12. The number of hydrogen-bond donors (Lipinski definition) is 1. The fourth-order valence-electron chi connectivity index (χ4n) is 0.808. The molecule has 74 valence electrons. The third-order valence-corrected chi connectivity index (χ3v) is 2.16. The predicted molar refractivity (Wildman–Crippen MR) is 61.7 cm³/mol. The van der Waals surface area contributed by atoms with E-state index in [0.717, 1.165) is 3.57 Å². The van der Waals surface area contributed by atoms with E-state index in [1.807, 2.05) is 12.1 Å². The predicted octanol–water partition coefficient (Wildman–Crippen LogP) is 2.44. The summed E-state index contributed by atoms with van der Waals surface area (Å²) in [4.78, 5) is 21.2. The standard InChI is InChI=1S/C8H8IN3O2/c1-12(11-14)8(13)10-7-4-2-3-6(9)5-7/h2-5H,1H3,(H,10,13). The van der Waals surface area contributed by atoms with Crippen molar-refractivity contribution in [2.75, 3.05) is 12.4 Å². The molecule has 14 heavy (non-hydrogen) atoms. The number of rotatable bonds is 2. The van der Waals surface area contributed by atoms with Gasteiger partial charge < -0.3 is 5.32 Å². The first kappa shape index (κ1) is 10.9. The minimum atomic E-state index is -0.554. The lowest BCUT2D eigenvalue weighted by molar-refractivity contribution is 0.224. The maximum Gasteiger partial charge on any atom is 0.344 e. The summed E-state index contributed by atoms with van der Waals surface area (Å²) in [6, 6.07) is 6.68. The van der Waals surface area contributed by atoms with Gasteiger partial charge in [0.25, 0.3) is 0 Å². The topological polar surface area (TPSA) is 61.8 Å². The lowest BCUT2D eigenvalue weighted by atomic mass is 10.3. The molecule has 0 saturated carbocycles. The van der Waals surface area contributed by atoms with Crippen LogP contribution in [-0.2, 0) is 0 Å². The number of carbonyl (C=O) groups excluding carboxylic acids is 1. The average Bonchev–Trinajstić information content (AvgIpc) is 2.16. The van der Waals surface area contributed by atoms with E-state index in [-0.39, 0.29) is 0 Å². The summed E-state index contributed by atoms with van der Waals surface area (Å²) in [7, 11) is 1.29. The average molecular weight is 305 g/mol. The van der Waals surface area contributed by atoms with E-state index in [4.69, 9.17) is 0 Å². The largest absolute Gasteiger partial charge is 0.344 e. The molecule has 0 aliphatic rings. The quantitative estimate of drug-likeness (QED) is 0.518. The molecule has 1 rings (SSSR count). The van der Waals surface area contributed by atoms with Gasteiger partial charge in [-0.15, -0.1) is 4.91 Å². The lowest BCUT2D eigenvalue weighted by Gasteiger charge is -2.08. The molecule has 5 nitrogen and oxygen atoms in total. The van der Waals surface area contributed by atoms with Crippen LogP contribution < -0.4 is 5.32 Å². The number of urea groups is 1. The molecule has 0 unspecified atom stereocenters. The Bertz CT molecular complexity index is 356. The first-order valence-electron chi connectivity index (χ1n) is 3.77. The molecular formula is C8H8IN3O2. The third-order valence-electron chi connectivity index (χ3n) is 1.49. The van der Waals surface area contributed by atoms with Crippen molar-refractivity contribution >= 4 is 34.3 Å². The molecule has 0 heterocycles. The first-order valence-corrected chi connectivity index (χ1v) is 4.85. The van der Waals surface area contributed by atoms with E-state index in [9.17, 15) is 9.70 Å². The van der Waals surface area contributed by atoms with Crippen molar-refractivity contribution in [2.24, 2.45) is 5.29 Å². The van der Waals surface area contributed by atoms with Gasteiger partial charge in [-0.3, -0.25) is 0 Å². The zero-order chi connectivity index (χ0) is 10.6. The Kier molecular flexibility index (Phi) is 3.81. The monoisotopic (exact) mass is 305 g/mol. The van der Waals surface area contributed by atoms with Gasteiger partial charge in [0.15, 0.2) is 0 Å². The van der Waals surface area contributed by atoms with E-state index in [1.165, 1.54) is 7.05 Å². The van der Waals surface area contributed by atoms with Crippen molar-refractivity contribution in [2.45, 2.75) is 0 Å². The van der Waals surface area contributed by atoms with Crippen LogP contribution in [0.2, 0.25) is 0 Å². The second-order valence-electron chi connectivity index (χ2n) is 2.55. The summed E-state index contributed by atoms with van der Waals surface area (Å²) in [5, 5.41) is 5.69. The van der Waals surface area contributed by atoms with Crippen molar-refractivity contribution in [1.82, 2.24) is 5.01 Å². The number of nitrogens with one attached hydrogen (secondary N) is 1. The Morgan fingerprint density at radius 1 is 1.57 bits per heavy atom. The second-order valence-corrected chi connectivity index (χ2v) is 3.79. The van der Waals surface area contributed by atoms with E-state index in [0.29, 0.717) is 10.7 Å². The van der Waals surface area contributed by atoms with Crippen molar-refractivity contribution in [1.29, 1.82) is 0 Å². The molecule has 0 saturated heterocycles. The number of halogens is 1. The van der Waals surface area contributed by atoms with Gasteiger partial charge in [-0.05, 0) is 40.8 Å². The highest BCUT2D eigenvalue weighted by molar-refractivity contribution is 14.1. The van der Waals surface area contributed by atoms with Gasteiger partial charge in [-0.25, -0.2) is 4.79 Å². The number of hydrogen-bond acceptors (Lipinski definition) is 3. The van der Waals surface area contributed by atoms with Crippen LogP contribution in [0.5, 0.6) is 0 Å². The molecule has 1 aromatic carbocycles. The summed E-state index contributed by atoms with van der Waals surface area (Å²) in [5.41, 5.74) is 0.636. The molecule has 0 fully saturated rings. The van der Waals surface area contributed by atoms with E-state index in [1.54, 1.807) is 12.1 Å². The zero-order valence-corrected chi connectivity index (χ0v) is 9.56. The molecule has 6 heteroatoms. The van der Waals surface area contributed by atoms with Crippen LogP contribution in [0, 0.1) is 8.48 Å². The smallest absolute Gasteiger partial charge is 0.306 e. The molecular weight excluding hydrogens is 297 g/mol. The first-order chi connectivity index (χ1) is 6.63. The Morgan fingerprint density at radius 2 is 2.29 bits per heavy atom. The number of benzene rings is 1. The lowest BCUT2D eigenvalue weighted by Crippen LogP contribution is -2.26. The van der Waals surface area contributed by atoms with Crippen molar-refractivity contribution in [3.63, 3.8) is 0 Å². The van der Waals surface area contributed by atoms with Gasteiger partial charge in [0, 0.05) is 16.3 Å². The van der Waals surface area contributed by atoms with Crippen LogP contribution in [-0.4, -0.2) is 18.1 Å². The van der Waals surface area contributed by atoms with Gasteiger partial charge in [-0.1, -0.05) is 6.07 Å². The van der Waals surface area contributed by atoms with E-state index in [2.05, 4.69) is 33.2 Å². The minimum Gasteiger partial charge on any atom is -0.306 e. The van der Waals surface area contributed by atoms with Gasteiger partial charge in [0.2, 0.25) is 0 Å². The number of amides is 2. The molecule has 0 atom stereocenters. The normalized spacial score (nSPS) is 9.29. The summed E-state index contributed by atoms with van der Waals surface area (Å²) in [5.74, 6) is 0. The molecule has 0 bridgehead atoms. The zero-order valence-electron chi connectivity index (χ0n) is 7.40. The van der Waals surface area contributed by atoms with E-state index < -0.39 is 6.03 Å². The molecule has 2 amide bonds. The van der Waals surface area contributed by atoms with Gasteiger partial charge >= 0.3 is 6.03 Å². The van der Waals surface area contributed by atoms with Crippen molar-refractivity contribution in [3.05, 3.63) is 32.7 Å². The Labute approximate surface area is 94.6 Å². The fourth-order valence-corrected chi connectivity index (χ4v) is 1.35. The maximum absolute atomic E-state index is 11.2. The maximum atomic E-state index is 11.2. The highest BCUT2D eigenvalue weighted by Gasteiger charge is 2.07. The minimum absolute atomic E-state index is 0.554. The van der Waals surface area contributed by atoms with Crippen LogP contribution in [0.15, 0.2) is 29.6 Å². The Morgan fingerprint density at radius 3 is 2.86 bits per heavy atom. The van der Waals surface area contributed by atoms with Crippen LogP contribution >= 0.6 is 22.6 Å². The van der Waals surface area contributed by atoms with Gasteiger partial charge in [0.05, 0.1) is 5.29 Å². The molecule has 1 N–H and O–H groups in total. The van der Waals surface area contributed by atoms with Gasteiger partial charge in [0.1, 0.15) is 0 Å². The van der Waals surface area contributed by atoms with Gasteiger partial charge in [-0.2, -0.15) is 5.01 Å². The molecule has 0 aliphatic heterocycles. The van der Waals surface area contributed by atoms with Crippen LogP contribution in [0.3, 0.4) is 0 Å².